The van der Waals surface area contributed by atoms with Crippen LogP contribution in [0, 0.1) is 0 Å². The predicted molar refractivity (Wildman–Crippen MR) is 162 cm³/mol. The van der Waals surface area contributed by atoms with E-state index in [-0.39, 0.29) is 24.1 Å². The monoisotopic (exact) mass is 606 g/mol. The van der Waals surface area contributed by atoms with E-state index < -0.39 is 6.04 Å². The van der Waals surface area contributed by atoms with Gasteiger partial charge in [0.1, 0.15) is 18.0 Å². The van der Waals surface area contributed by atoms with Gasteiger partial charge in [-0.1, -0.05) is 6.07 Å². The summed E-state index contributed by atoms with van der Waals surface area (Å²) in [5, 5.41) is 6.28. The molecule has 12 heteroatoms. The summed E-state index contributed by atoms with van der Waals surface area (Å²) in [6, 6.07) is 13.8. The average Bonchev–Trinajstić information content (AvgIpc) is 3.77. The summed E-state index contributed by atoms with van der Waals surface area (Å²) in [6.45, 7) is 3.55. The summed E-state index contributed by atoms with van der Waals surface area (Å²) in [5.74, 6) is 1.79. The van der Waals surface area contributed by atoms with Crippen LogP contribution in [0.15, 0.2) is 64.3 Å². The summed E-state index contributed by atoms with van der Waals surface area (Å²) in [6.07, 6.45) is 1.85. The van der Waals surface area contributed by atoms with Gasteiger partial charge in [-0.3, -0.25) is 14.5 Å². The molecule has 2 aliphatic rings. The largest absolute Gasteiger partial charge is 0.497 e. The van der Waals surface area contributed by atoms with Crippen molar-refractivity contribution in [1.82, 2.24) is 14.8 Å². The van der Waals surface area contributed by atoms with Gasteiger partial charge in [0, 0.05) is 44.2 Å². The number of hydrogen-bond donors (Lipinski definition) is 0. The molecule has 2 aromatic carbocycles. The predicted octanol–water partition coefficient (Wildman–Crippen LogP) is 3.47. The number of methoxy groups -OCH3 is 4. The second-order valence-corrected chi connectivity index (χ2v) is 10.3. The van der Waals surface area contributed by atoms with Crippen LogP contribution in [-0.2, 0) is 9.53 Å². The quantitative estimate of drug-likeness (QED) is 0.306. The molecule has 1 unspecified atom stereocenters. The topological polar surface area (TPSA) is 116 Å². The number of hydrazone groups is 1. The van der Waals surface area contributed by atoms with E-state index in [9.17, 15) is 9.59 Å². The maximum atomic E-state index is 14.1. The smallest absolute Gasteiger partial charge is 0.290 e. The molecule has 0 N–H and O–H groups in total. The molecule has 5 rings (SSSR count). The molecule has 3 aromatic rings. The first-order valence-electron chi connectivity index (χ1n) is 14.4. The molecule has 0 aliphatic carbocycles. The van der Waals surface area contributed by atoms with Crippen LogP contribution in [-0.4, -0.2) is 107 Å². The number of morpholine rings is 1. The molecular weight excluding hydrogens is 568 g/mol. The fourth-order valence-electron chi connectivity index (χ4n) is 5.39. The Kier molecular flexibility index (Phi) is 10.0. The van der Waals surface area contributed by atoms with Gasteiger partial charge in [0.25, 0.3) is 11.8 Å². The van der Waals surface area contributed by atoms with E-state index in [0.29, 0.717) is 61.4 Å². The zero-order valence-electron chi connectivity index (χ0n) is 25.5. The Morgan fingerprint density at radius 1 is 0.932 bits per heavy atom. The SMILES string of the molecule is COc1ccc(C2=NN(C(=O)CN(CCN3CCOCC3)C(=O)c3ccco3)C(c3ccc(OC)c(OC)c3)C2)c(OC)c1. The number of carbonyl (C=O) groups is 2. The molecule has 0 radical (unpaired) electrons. The molecule has 12 nitrogen and oxygen atoms in total. The van der Waals surface area contributed by atoms with Crippen molar-refractivity contribution >= 4 is 17.5 Å². The highest BCUT2D eigenvalue weighted by atomic mass is 16.5. The van der Waals surface area contributed by atoms with Gasteiger partial charge in [-0.15, -0.1) is 0 Å². The van der Waals surface area contributed by atoms with Crippen LogP contribution >= 0.6 is 0 Å². The standard InChI is InChI=1S/C32H38N4O8/c1-39-23-8-9-24(29(19-23)41-3)25-20-26(22-7-10-27(40-2)30(18-22)42-4)36(33-25)31(37)21-35(32(38)28-6-5-15-44-28)12-11-34-13-16-43-17-14-34/h5-10,15,18-19,26H,11-14,16-17,20-21H2,1-4H3. The minimum atomic E-state index is -0.469. The Morgan fingerprint density at radius 2 is 1.70 bits per heavy atom. The van der Waals surface area contributed by atoms with Gasteiger partial charge in [0.2, 0.25) is 0 Å². The number of ether oxygens (including phenoxy) is 5. The molecule has 1 saturated heterocycles. The number of carbonyl (C=O) groups excluding carboxylic acids is 2. The highest BCUT2D eigenvalue weighted by Crippen LogP contribution is 2.39. The van der Waals surface area contributed by atoms with Gasteiger partial charge >= 0.3 is 0 Å². The van der Waals surface area contributed by atoms with Crippen LogP contribution < -0.4 is 18.9 Å². The molecule has 2 aliphatic heterocycles. The molecule has 2 amide bonds. The summed E-state index contributed by atoms with van der Waals surface area (Å²) in [4.78, 5) is 31.3. The van der Waals surface area contributed by atoms with Gasteiger partial charge in [-0.05, 0) is 42.0 Å². The highest BCUT2D eigenvalue weighted by molar-refractivity contribution is 6.05. The zero-order chi connectivity index (χ0) is 31.1. The van der Waals surface area contributed by atoms with Gasteiger partial charge in [0.05, 0.1) is 59.7 Å². The number of rotatable bonds is 12. The maximum Gasteiger partial charge on any atom is 0.290 e. The highest BCUT2D eigenvalue weighted by Gasteiger charge is 2.36. The number of amides is 2. The van der Waals surface area contributed by atoms with Gasteiger partial charge < -0.3 is 33.0 Å². The molecule has 1 atom stereocenters. The lowest BCUT2D eigenvalue weighted by Crippen LogP contribution is -2.46. The van der Waals surface area contributed by atoms with Crippen LogP contribution in [0.1, 0.15) is 34.1 Å². The van der Waals surface area contributed by atoms with Crippen LogP contribution in [0.2, 0.25) is 0 Å². The third-order valence-electron chi connectivity index (χ3n) is 7.81. The van der Waals surface area contributed by atoms with E-state index in [1.165, 1.54) is 16.2 Å². The van der Waals surface area contributed by atoms with Gasteiger partial charge in [-0.25, -0.2) is 5.01 Å². The van der Waals surface area contributed by atoms with Gasteiger partial charge in [0.15, 0.2) is 17.3 Å². The van der Waals surface area contributed by atoms with Crippen molar-refractivity contribution in [2.45, 2.75) is 12.5 Å². The number of furan rings is 1. The fourth-order valence-corrected chi connectivity index (χ4v) is 5.39. The average molecular weight is 607 g/mol. The third kappa shape index (κ3) is 6.81. The van der Waals surface area contributed by atoms with Crippen LogP contribution in [0.25, 0.3) is 0 Å². The van der Waals surface area contributed by atoms with Gasteiger partial charge in [-0.2, -0.15) is 5.10 Å². The van der Waals surface area contributed by atoms with Crippen molar-refractivity contribution in [3.8, 4) is 23.0 Å². The van der Waals surface area contributed by atoms with Crippen molar-refractivity contribution < 1.29 is 37.7 Å². The van der Waals surface area contributed by atoms with E-state index in [0.717, 1.165) is 24.2 Å². The first-order valence-corrected chi connectivity index (χ1v) is 14.4. The Hall–Kier alpha value is -4.55. The van der Waals surface area contributed by atoms with Crippen LogP contribution in [0.3, 0.4) is 0 Å². The normalized spacial score (nSPS) is 16.8. The van der Waals surface area contributed by atoms with E-state index in [1.54, 1.807) is 52.7 Å². The maximum absolute atomic E-state index is 14.1. The molecule has 0 bridgehead atoms. The van der Waals surface area contributed by atoms with E-state index in [1.807, 2.05) is 24.3 Å². The van der Waals surface area contributed by atoms with Crippen LogP contribution in [0.4, 0.5) is 0 Å². The molecule has 3 heterocycles. The minimum Gasteiger partial charge on any atom is -0.497 e. The second kappa shape index (κ2) is 14.3. The third-order valence-corrected chi connectivity index (χ3v) is 7.81. The lowest BCUT2D eigenvalue weighted by molar-refractivity contribution is -0.133. The van der Waals surface area contributed by atoms with E-state index in [4.69, 9.17) is 33.2 Å². The summed E-state index contributed by atoms with van der Waals surface area (Å²) in [7, 11) is 6.30. The minimum absolute atomic E-state index is 0.171. The summed E-state index contributed by atoms with van der Waals surface area (Å²) >= 11 is 0. The molecule has 1 fully saturated rings. The lowest BCUT2D eigenvalue weighted by Gasteiger charge is -2.30. The Bertz CT molecular complexity index is 1470. The number of benzene rings is 2. The molecular formula is C32H38N4O8. The Labute approximate surface area is 256 Å². The van der Waals surface area contributed by atoms with Crippen LogP contribution in [0.5, 0.6) is 23.0 Å². The zero-order valence-corrected chi connectivity index (χ0v) is 25.5. The Balaban J connectivity index is 1.46. The first-order chi connectivity index (χ1) is 21.4. The molecule has 0 saturated carbocycles. The molecule has 1 aromatic heterocycles. The number of hydrogen-bond acceptors (Lipinski definition) is 10. The molecule has 44 heavy (non-hydrogen) atoms. The van der Waals surface area contributed by atoms with E-state index in [2.05, 4.69) is 4.90 Å². The second-order valence-electron chi connectivity index (χ2n) is 10.3. The molecule has 234 valence electrons. The van der Waals surface area contributed by atoms with E-state index >= 15 is 0 Å². The fraction of sp³-hybridized carbons (Fsp3) is 0.406. The van der Waals surface area contributed by atoms with Crippen molar-refractivity contribution in [1.29, 1.82) is 0 Å². The van der Waals surface area contributed by atoms with Crippen molar-refractivity contribution in [3.63, 3.8) is 0 Å². The molecule has 0 spiro atoms. The summed E-state index contributed by atoms with van der Waals surface area (Å²) in [5.41, 5.74) is 2.21. The van der Waals surface area contributed by atoms with Crippen molar-refractivity contribution in [2.24, 2.45) is 5.10 Å². The first kappa shape index (κ1) is 30.9. The van der Waals surface area contributed by atoms with Crippen molar-refractivity contribution in [3.05, 3.63) is 71.7 Å². The number of nitrogens with zero attached hydrogens (tertiary/aromatic N) is 4. The lowest BCUT2D eigenvalue weighted by atomic mass is 9.97. The Morgan fingerprint density at radius 3 is 2.39 bits per heavy atom. The van der Waals surface area contributed by atoms with Crippen molar-refractivity contribution in [2.75, 3.05) is 74.4 Å². The summed E-state index contributed by atoms with van der Waals surface area (Å²) < 4.78 is 32.9.